The first-order chi connectivity index (χ1) is 8.15. The molecule has 1 saturated heterocycles. The van der Waals surface area contributed by atoms with E-state index in [0.717, 1.165) is 18.4 Å². The van der Waals surface area contributed by atoms with E-state index in [1.807, 2.05) is 0 Å². The second-order valence-electron chi connectivity index (χ2n) is 5.80. The van der Waals surface area contributed by atoms with Crippen LogP contribution in [0.3, 0.4) is 0 Å². The van der Waals surface area contributed by atoms with Crippen LogP contribution < -0.4 is 5.32 Å². The number of nitrogens with one attached hydrogen (secondary N) is 1. The molecule has 3 heteroatoms. The molecule has 0 aromatic heterocycles. The van der Waals surface area contributed by atoms with Crippen molar-refractivity contribution in [2.24, 2.45) is 11.8 Å². The van der Waals surface area contributed by atoms with Crippen LogP contribution in [0.15, 0.2) is 0 Å². The molecule has 3 nitrogen and oxygen atoms in total. The Morgan fingerprint density at radius 2 is 2.00 bits per heavy atom. The van der Waals surface area contributed by atoms with E-state index >= 15 is 0 Å². The fourth-order valence-electron chi connectivity index (χ4n) is 2.83. The molecule has 0 aromatic rings. The van der Waals surface area contributed by atoms with Gasteiger partial charge < -0.3 is 15.1 Å². The predicted octanol–water partition coefficient (Wildman–Crippen LogP) is 1.51. The first-order valence-corrected chi connectivity index (χ1v) is 7.17. The molecule has 1 atom stereocenters. The number of hydrogen-bond donors (Lipinski definition) is 1. The second kappa shape index (κ2) is 8.06. The van der Waals surface area contributed by atoms with E-state index in [2.05, 4.69) is 43.2 Å². The summed E-state index contributed by atoms with van der Waals surface area (Å²) in [5, 5.41) is 3.30. The normalized spacial score (nSPS) is 21.0. The number of piperidine rings is 1. The van der Waals surface area contributed by atoms with Gasteiger partial charge in [-0.1, -0.05) is 13.3 Å². The maximum Gasteiger partial charge on any atom is 0.00188 e. The Morgan fingerprint density at radius 3 is 2.53 bits per heavy atom. The average Bonchev–Trinajstić information content (AvgIpc) is 2.31. The lowest BCUT2D eigenvalue weighted by atomic mass is 9.96. The smallest absolute Gasteiger partial charge is 0.00188 e. The summed E-state index contributed by atoms with van der Waals surface area (Å²) in [7, 11) is 6.58. The van der Waals surface area contributed by atoms with Crippen molar-refractivity contribution >= 4 is 0 Å². The molecule has 0 saturated carbocycles. The van der Waals surface area contributed by atoms with Gasteiger partial charge in [0.2, 0.25) is 0 Å². The van der Waals surface area contributed by atoms with Gasteiger partial charge in [-0.25, -0.2) is 0 Å². The van der Waals surface area contributed by atoms with Crippen LogP contribution >= 0.6 is 0 Å². The fourth-order valence-corrected chi connectivity index (χ4v) is 2.83. The summed E-state index contributed by atoms with van der Waals surface area (Å²) in [6.45, 7) is 8.54. The van der Waals surface area contributed by atoms with Gasteiger partial charge in [-0.2, -0.15) is 0 Å². The summed E-state index contributed by atoms with van der Waals surface area (Å²) in [6.07, 6.45) is 4.03. The van der Waals surface area contributed by atoms with Gasteiger partial charge >= 0.3 is 0 Å². The van der Waals surface area contributed by atoms with Crippen molar-refractivity contribution in [2.75, 3.05) is 53.9 Å². The molecule has 1 N–H and O–H groups in total. The van der Waals surface area contributed by atoms with E-state index in [-0.39, 0.29) is 0 Å². The molecule has 0 radical (unpaired) electrons. The molecular formula is C14H31N3. The van der Waals surface area contributed by atoms with Gasteiger partial charge in [-0.05, 0) is 65.5 Å². The van der Waals surface area contributed by atoms with Gasteiger partial charge in [-0.3, -0.25) is 0 Å². The lowest BCUT2D eigenvalue weighted by Gasteiger charge is -2.32. The number of hydrogen-bond acceptors (Lipinski definition) is 3. The quantitative estimate of drug-likeness (QED) is 0.729. The van der Waals surface area contributed by atoms with Crippen LogP contribution in [0, 0.1) is 11.8 Å². The number of rotatable bonds is 7. The minimum absolute atomic E-state index is 0.802. The molecule has 1 aliphatic heterocycles. The van der Waals surface area contributed by atoms with E-state index in [1.54, 1.807) is 0 Å². The molecule has 1 aliphatic rings. The second-order valence-corrected chi connectivity index (χ2v) is 5.80. The molecule has 0 spiro atoms. The lowest BCUT2D eigenvalue weighted by Crippen LogP contribution is -2.38. The van der Waals surface area contributed by atoms with E-state index in [1.165, 1.54) is 45.4 Å². The van der Waals surface area contributed by atoms with Crippen LogP contribution in [0.25, 0.3) is 0 Å². The van der Waals surface area contributed by atoms with Crippen molar-refractivity contribution < 1.29 is 0 Å². The minimum atomic E-state index is 0.802. The highest BCUT2D eigenvalue weighted by Crippen LogP contribution is 2.17. The Morgan fingerprint density at radius 1 is 1.35 bits per heavy atom. The maximum absolute atomic E-state index is 3.30. The molecule has 0 amide bonds. The summed E-state index contributed by atoms with van der Waals surface area (Å²) < 4.78 is 0. The highest BCUT2D eigenvalue weighted by Gasteiger charge is 2.19. The molecule has 1 rings (SSSR count). The van der Waals surface area contributed by atoms with Crippen LogP contribution in [-0.2, 0) is 0 Å². The summed E-state index contributed by atoms with van der Waals surface area (Å²) in [6, 6.07) is 0. The fraction of sp³-hybridized carbons (Fsp3) is 1.00. The van der Waals surface area contributed by atoms with Crippen molar-refractivity contribution in [3.05, 3.63) is 0 Å². The first kappa shape index (κ1) is 14.9. The zero-order valence-electron chi connectivity index (χ0n) is 12.2. The van der Waals surface area contributed by atoms with E-state index in [9.17, 15) is 0 Å². The molecule has 102 valence electrons. The Labute approximate surface area is 108 Å². The Bertz CT molecular complexity index is 188. The van der Waals surface area contributed by atoms with Gasteiger partial charge in [-0.15, -0.1) is 0 Å². The zero-order chi connectivity index (χ0) is 12.7. The number of likely N-dealkylation sites (tertiary alicyclic amines) is 1. The van der Waals surface area contributed by atoms with Crippen LogP contribution in [0.5, 0.6) is 0 Å². The molecule has 0 aliphatic carbocycles. The first-order valence-electron chi connectivity index (χ1n) is 7.17. The monoisotopic (exact) mass is 241 g/mol. The standard InChI is InChI=1S/C14H31N3/c1-5-13(10-15-2)11-17(4)12-14-6-8-16(3)9-7-14/h13-15H,5-12H2,1-4H3. The van der Waals surface area contributed by atoms with Crippen molar-refractivity contribution in [1.29, 1.82) is 0 Å². The van der Waals surface area contributed by atoms with Crippen molar-refractivity contribution in [3.63, 3.8) is 0 Å². The third kappa shape index (κ3) is 5.84. The Hall–Kier alpha value is -0.120. The average molecular weight is 241 g/mol. The molecule has 0 aromatic carbocycles. The molecule has 1 fully saturated rings. The van der Waals surface area contributed by atoms with Gasteiger partial charge in [0.25, 0.3) is 0 Å². The zero-order valence-corrected chi connectivity index (χ0v) is 12.2. The summed E-state index contributed by atoms with van der Waals surface area (Å²) in [5.74, 6) is 1.72. The van der Waals surface area contributed by atoms with Gasteiger partial charge in [0.15, 0.2) is 0 Å². The van der Waals surface area contributed by atoms with Crippen LogP contribution in [0.1, 0.15) is 26.2 Å². The van der Waals surface area contributed by atoms with E-state index < -0.39 is 0 Å². The largest absolute Gasteiger partial charge is 0.319 e. The topological polar surface area (TPSA) is 18.5 Å². The van der Waals surface area contributed by atoms with Crippen molar-refractivity contribution in [1.82, 2.24) is 15.1 Å². The van der Waals surface area contributed by atoms with Crippen LogP contribution in [0.2, 0.25) is 0 Å². The van der Waals surface area contributed by atoms with Gasteiger partial charge in [0.1, 0.15) is 0 Å². The van der Waals surface area contributed by atoms with Crippen LogP contribution in [0.4, 0.5) is 0 Å². The van der Waals surface area contributed by atoms with Crippen LogP contribution in [-0.4, -0.2) is 63.7 Å². The number of nitrogens with zero attached hydrogens (tertiary/aromatic N) is 2. The molecular weight excluding hydrogens is 210 g/mol. The third-order valence-electron chi connectivity index (χ3n) is 4.05. The summed E-state index contributed by atoms with van der Waals surface area (Å²) in [5.41, 5.74) is 0. The minimum Gasteiger partial charge on any atom is -0.319 e. The van der Waals surface area contributed by atoms with Crippen molar-refractivity contribution in [2.45, 2.75) is 26.2 Å². The lowest BCUT2D eigenvalue weighted by molar-refractivity contribution is 0.164. The SMILES string of the molecule is CCC(CNC)CN(C)CC1CCN(C)CC1. The maximum atomic E-state index is 3.30. The third-order valence-corrected chi connectivity index (χ3v) is 4.05. The van der Waals surface area contributed by atoms with Crippen molar-refractivity contribution in [3.8, 4) is 0 Å². The van der Waals surface area contributed by atoms with E-state index in [0.29, 0.717) is 0 Å². The molecule has 1 heterocycles. The molecule has 0 bridgehead atoms. The van der Waals surface area contributed by atoms with E-state index in [4.69, 9.17) is 0 Å². The highest BCUT2D eigenvalue weighted by atomic mass is 15.1. The highest BCUT2D eigenvalue weighted by molar-refractivity contribution is 4.73. The molecule has 1 unspecified atom stereocenters. The predicted molar refractivity (Wildman–Crippen MR) is 75.4 cm³/mol. The summed E-state index contributed by atoms with van der Waals surface area (Å²) in [4.78, 5) is 4.99. The Kier molecular flexibility index (Phi) is 7.09. The summed E-state index contributed by atoms with van der Waals surface area (Å²) >= 11 is 0. The molecule has 17 heavy (non-hydrogen) atoms. The van der Waals surface area contributed by atoms with Gasteiger partial charge in [0.05, 0.1) is 0 Å². The van der Waals surface area contributed by atoms with Gasteiger partial charge in [0, 0.05) is 13.1 Å². The Balaban J connectivity index is 2.21.